The number of hydrogen-bond acceptors (Lipinski definition) is 1. The summed E-state index contributed by atoms with van der Waals surface area (Å²) in [4.78, 5) is 0. The van der Waals surface area contributed by atoms with E-state index in [9.17, 15) is 27.1 Å². The molecule has 1 N–H and O–H groups in total. The maximum atomic E-state index is 14.3. The molecular formula is C17H15F5O. The van der Waals surface area contributed by atoms with E-state index in [1.54, 1.807) is 30.3 Å². The zero-order chi connectivity index (χ0) is 17.3. The van der Waals surface area contributed by atoms with Crippen LogP contribution in [-0.2, 0) is 5.92 Å². The van der Waals surface area contributed by atoms with Crippen LogP contribution in [0.15, 0.2) is 54.6 Å². The summed E-state index contributed by atoms with van der Waals surface area (Å²) in [6, 6.07) is 13.6. The molecule has 0 radical (unpaired) electrons. The van der Waals surface area contributed by atoms with Crippen LogP contribution in [-0.4, -0.2) is 23.3 Å². The van der Waals surface area contributed by atoms with Crippen molar-refractivity contribution in [3.8, 4) is 11.1 Å². The SMILES string of the molecule is CC(O)(C(F)C(F)F)C(F)(F)c1ccc(-c2ccccc2)cc1. The van der Waals surface area contributed by atoms with Gasteiger partial charge in [0.1, 0.15) is 0 Å². The van der Waals surface area contributed by atoms with E-state index < -0.39 is 29.7 Å². The van der Waals surface area contributed by atoms with Gasteiger partial charge in [-0.1, -0.05) is 54.6 Å². The Bertz CT molecular complexity index is 638. The number of halogens is 5. The maximum Gasteiger partial charge on any atom is 0.304 e. The van der Waals surface area contributed by atoms with Crippen LogP contribution in [0.2, 0.25) is 0 Å². The van der Waals surface area contributed by atoms with Gasteiger partial charge in [0.2, 0.25) is 0 Å². The van der Waals surface area contributed by atoms with Crippen molar-refractivity contribution >= 4 is 0 Å². The molecule has 0 saturated carbocycles. The molecular weight excluding hydrogens is 315 g/mol. The van der Waals surface area contributed by atoms with E-state index in [2.05, 4.69) is 0 Å². The molecule has 0 aromatic heterocycles. The highest BCUT2D eigenvalue weighted by atomic mass is 19.3. The highest BCUT2D eigenvalue weighted by Crippen LogP contribution is 2.43. The van der Waals surface area contributed by atoms with Crippen molar-refractivity contribution < 1.29 is 27.1 Å². The van der Waals surface area contributed by atoms with Gasteiger partial charge in [-0.05, 0) is 18.1 Å². The maximum absolute atomic E-state index is 14.3. The molecule has 0 spiro atoms. The second kappa shape index (κ2) is 6.28. The Morgan fingerprint density at radius 2 is 1.30 bits per heavy atom. The van der Waals surface area contributed by atoms with Crippen LogP contribution in [0.5, 0.6) is 0 Å². The first kappa shape index (κ1) is 17.4. The van der Waals surface area contributed by atoms with Crippen molar-refractivity contribution in [3.05, 3.63) is 60.2 Å². The second-order valence-electron chi connectivity index (χ2n) is 5.40. The van der Waals surface area contributed by atoms with E-state index in [0.717, 1.165) is 17.7 Å². The molecule has 2 atom stereocenters. The summed E-state index contributed by atoms with van der Waals surface area (Å²) in [5, 5.41) is 9.62. The van der Waals surface area contributed by atoms with Crippen molar-refractivity contribution in [2.45, 2.75) is 31.0 Å². The van der Waals surface area contributed by atoms with Crippen molar-refractivity contribution in [1.82, 2.24) is 0 Å². The van der Waals surface area contributed by atoms with Crippen molar-refractivity contribution in [2.75, 3.05) is 0 Å². The smallest absolute Gasteiger partial charge is 0.304 e. The molecule has 1 nitrogen and oxygen atoms in total. The molecule has 2 aromatic rings. The van der Waals surface area contributed by atoms with Crippen LogP contribution in [0, 0.1) is 0 Å². The fourth-order valence-electron chi connectivity index (χ4n) is 2.21. The minimum Gasteiger partial charge on any atom is -0.380 e. The fraction of sp³-hybridized carbons (Fsp3) is 0.294. The zero-order valence-corrected chi connectivity index (χ0v) is 12.2. The second-order valence-corrected chi connectivity index (χ2v) is 5.40. The van der Waals surface area contributed by atoms with Gasteiger partial charge in [-0.15, -0.1) is 0 Å². The first-order valence-electron chi connectivity index (χ1n) is 6.86. The third-order valence-electron chi connectivity index (χ3n) is 3.75. The van der Waals surface area contributed by atoms with Gasteiger partial charge in [0, 0.05) is 5.56 Å². The average molecular weight is 330 g/mol. The predicted molar refractivity (Wildman–Crippen MR) is 77.3 cm³/mol. The van der Waals surface area contributed by atoms with Gasteiger partial charge in [-0.3, -0.25) is 0 Å². The molecule has 0 bridgehead atoms. The first-order chi connectivity index (χ1) is 10.7. The van der Waals surface area contributed by atoms with Gasteiger partial charge >= 0.3 is 5.92 Å². The fourth-order valence-corrected chi connectivity index (χ4v) is 2.21. The van der Waals surface area contributed by atoms with E-state index in [1.807, 2.05) is 0 Å². The predicted octanol–water partition coefficient (Wildman–Crippen LogP) is 4.80. The molecule has 0 aliphatic carbocycles. The van der Waals surface area contributed by atoms with E-state index in [1.165, 1.54) is 12.1 Å². The standard InChI is InChI=1S/C17H15F5O/c1-16(23,14(18)15(19)20)17(21,22)13-9-7-12(8-10-13)11-5-3-2-4-6-11/h2-10,14-15,23H,1H3. The summed E-state index contributed by atoms with van der Waals surface area (Å²) in [7, 11) is 0. The van der Waals surface area contributed by atoms with Gasteiger partial charge in [-0.25, -0.2) is 13.2 Å². The quantitative estimate of drug-likeness (QED) is 0.781. The van der Waals surface area contributed by atoms with Gasteiger partial charge in [0.25, 0.3) is 6.43 Å². The Kier molecular flexibility index (Phi) is 4.75. The number of aliphatic hydroxyl groups is 1. The van der Waals surface area contributed by atoms with E-state index >= 15 is 0 Å². The van der Waals surface area contributed by atoms with Crippen molar-refractivity contribution in [3.63, 3.8) is 0 Å². The van der Waals surface area contributed by atoms with Gasteiger partial charge in [0.15, 0.2) is 11.8 Å². The monoisotopic (exact) mass is 330 g/mol. The van der Waals surface area contributed by atoms with Crippen LogP contribution >= 0.6 is 0 Å². The lowest BCUT2D eigenvalue weighted by atomic mass is 9.87. The molecule has 0 saturated heterocycles. The topological polar surface area (TPSA) is 20.2 Å². The summed E-state index contributed by atoms with van der Waals surface area (Å²) in [5.74, 6) is -4.17. The van der Waals surface area contributed by atoms with Gasteiger partial charge in [-0.2, -0.15) is 8.78 Å². The zero-order valence-electron chi connectivity index (χ0n) is 12.2. The van der Waals surface area contributed by atoms with Crippen LogP contribution in [0.25, 0.3) is 11.1 Å². The average Bonchev–Trinajstić information content (AvgIpc) is 2.54. The van der Waals surface area contributed by atoms with Crippen LogP contribution < -0.4 is 0 Å². The Labute approximate surface area is 130 Å². The van der Waals surface area contributed by atoms with Crippen molar-refractivity contribution in [2.24, 2.45) is 0 Å². The van der Waals surface area contributed by atoms with Crippen LogP contribution in [0.4, 0.5) is 22.0 Å². The molecule has 6 heteroatoms. The Morgan fingerprint density at radius 3 is 1.78 bits per heavy atom. The molecule has 0 aliphatic heterocycles. The number of hydrogen-bond donors (Lipinski definition) is 1. The Morgan fingerprint density at radius 1 is 0.826 bits per heavy atom. The first-order valence-corrected chi connectivity index (χ1v) is 6.86. The number of alkyl halides is 5. The molecule has 2 unspecified atom stereocenters. The summed E-state index contributed by atoms with van der Waals surface area (Å²) in [5.41, 5.74) is -2.83. The van der Waals surface area contributed by atoms with E-state index in [-0.39, 0.29) is 0 Å². The molecule has 2 aromatic carbocycles. The summed E-state index contributed by atoms with van der Waals surface area (Å²) in [6.45, 7) is 0.370. The minimum atomic E-state index is -4.17. The van der Waals surface area contributed by atoms with Crippen molar-refractivity contribution in [1.29, 1.82) is 0 Å². The molecule has 0 heterocycles. The Hall–Kier alpha value is -1.95. The lowest BCUT2D eigenvalue weighted by Crippen LogP contribution is -2.53. The third-order valence-corrected chi connectivity index (χ3v) is 3.75. The number of benzene rings is 2. The summed E-state index contributed by atoms with van der Waals surface area (Å²) >= 11 is 0. The molecule has 0 fully saturated rings. The van der Waals surface area contributed by atoms with Gasteiger partial charge < -0.3 is 5.11 Å². The summed E-state index contributed by atoms with van der Waals surface area (Å²) in [6.07, 6.45) is -7.08. The number of rotatable bonds is 5. The molecule has 0 aliphatic rings. The molecule has 23 heavy (non-hydrogen) atoms. The summed E-state index contributed by atoms with van der Waals surface area (Å²) < 4.78 is 66.6. The van der Waals surface area contributed by atoms with E-state index in [0.29, 0.717) is 12.5 Å². The largest absolute Gasteiger partial charge is 0.380 e. The molecule has 124 valence electrons. The Balaban J connectivity index is 2.34. The lowest BCUT2D eigenvalue weighted by molar-refractivity contribution is -0.228. The van der Waals surface area contributed by atoms with E-state index in [4.69, 9.17) is 0 Å². The normalized spacial score (nSPS) is 16.2. The van der Waals surface area contributed by atoms with Crippen LogP contribution in [0.1, 0.15) is 12.5 Å². The lowest BCUT2D eigenvalue weighted by Gasteiger charge is -2.35. The van der Waals surface area contributed by atoms with Crippen LogP contribution in [0.3, 0.4) is 0 Å². The highest BCUT2D eigenvalue weighted by molar-refractivity contribution is 5.63. The highest BCUT2D eigenvalue weighted by Gasteiger charge is 2.58. The molecule has 2 rings (SSSR count). The van der Waals surface area contributed by atoms with Gasteiger partial charge in [0.05, 0.1) is 0 Å². The minimum absolute atomic E-state index is 0.370. The molecule has 0 amide bonds. The third kappa shape index (κ3) is 3.22.